The summed E-state index contributed by atoms with van der Waals surface area (Å²) in [4.78, 5) is 12.7. The van der Waals surface area contributed by atoms with E-state index in [9.17, 15) is 4.79 Å². The fraction of sp³-hybridized carbons (Fsp3) is 0.588. The highest BCUT2D eigenvalue weighted by atomic mass is 16.2. The maximum Gasteiger partial charge on any atom is 0.228 e. The molecule has 2 N–H and O–H groups in total. The van der Waals surface area contributed by atoms with Gasteiger partial charge in [-0.05, 0) is 30.9 Å². The van der Waals surface area contributed by atoms with Gasteiger partial charge in [0.1, 0.15) is 0 Å². The van der Waals surface area contributed by atoms with E-state index in [1.807, 2.05) is 18.2 Å². The standard InChI is InChI=1S/C17H26N2O/c1-3-13(2)16(14-8-5-4-6-9-14)17(20)19-15-10-7-11-18-12-15/h4-6,8-9,13,15-16,18H,3,7,10-12H2,1-2H3,(H,19,20)/t13?,15-,16?/m1/s1. The van der Waals surface area contributed by atoms with Gasteiger partial charge in [0.2, 0.25) is 5.91 Å². The van der Waals surface area contributed by atoms with Gasteiger partial charge in [-0.25, -0.2) is 0 Å². The van der Waals surface area contributed by atoms with Crippen LogP contribution in [0.3, 0.4) is 0 Å². The number of hydrogen-bond acceptors (Lipinski definition) is 2. The first-order valence-corrected chi connectivity index (χ1v) is 7.78. The van der Waals surface area contributed by atoms with Crippen LogP contribution in [0.15, 0.2) is 30.3 Å². The van der Waals surface area contributed by atoms with E-state index < -0.39 is 0 Å². The van der Waals surface area contributed by atoms with Gasteiger partial charge in [0, 0.05) is 12.6 Å². The molecule has 2 unspecified atom stereocenters. The van der Waals surface area contributed by atoms with Gasteiger partial charge >= 0.3 is 0 Å². The normalized spacial score (nSPS) is 22.0. The minimum absolute atomic E-state index is 0.0388. The third-order valence-corrected chi connectivity index (χ3v) is 4.30. The number of rotatable bonds is 5. The number of amides is 1. The lowest BCUT2D eigenvalue weighted by Gasteiger charge is -2.28. The van der Waals surface area contributed by atoms with Crippen LogP contribution in [0.1, 0.15) is 44.6 Å². The molecule has 3 atom stereocenters. The van der Waals surface area contributed by atoms with Crippen LogP contribution in [0.25, 0.3) is 0 Å². The number of nitrogens with one attached hydrogen (secondary N) is 2. The molecule has 2 rings (SSSR count). The van der Waals surface area contributed by atoms with Crippen molar-refractivity contribution in [2.75, 3.05) is 13.1 Å². The Bertz CT molecular complexity index is 412. The van der Waals surface area contributed by atoms with Crippen molar-refractivity contribution in [2.45, 2.75) is 45.1 Å². The second-order valence-corrected chi connectivity index (χ2v) is 5.83. The molecule has 20 heavy (non-hydrogen) atoms. The van der Waals surface area contributed by atoms with Crippen molar-refractivity contribution in [2.24, 2.45) is 5.92 Å². The van der Waals surface area contributed by atoms with Crippen LogP contribution in [-0.2, 0) is 4.79 Å². The van der Waals surface area contributed by atoms with Crippen LogP contribution >= 0.6 is 0 Å². The Morgan fingerprint density at radius 2 is 2.15 bits per heavy atom. The van der Waals surface area contributed by atoms with E-state index in [0.717, 1.165) is 37.9 Å². The molecule has 3 nitrogen and oxygen atoms in total. The lowest BCUT2D eigenvalue weighted by Crippen LogP contribution is -2.47. The molecule has 0 aromatic heterocycles. The first-order chi connectivity index (χ1) is 9.72. The molecule has 0 saturated carbocycles. The Morgan fingerprint density at radius 1 is 1.40 bits per heavy atom. The third-order valence-electron chi connectivity index (χ3n) is 4.30. The zero-order valence-corrected chi connectivity index (χ0v) is 12.6. The van der Waals surface area contributed by atoms with Crippen LogP contribution in [0.5, 0.6) is 0 Å². The number of piperidine rings is 1. The molecule has 1 saturated heterocycles. The number of carbonyl (C=O) groups excluding carboxylic acids is 1. The van der Waals surface area contributed by atoms with Crippen molar-refractivity contribution in [3.63, 3.8) is 0 Å². The second-order valence-electron chi connectivity index (χ2n) is 5.83. The largest absolute Gasteiger partial charge is 0.352 e. The summed E-state index contributed by atoms with van der Waals surface area (Å²) in [5.74, 6) is 0.497. The van der Waals surface area contributed by atoms with E-state index in [1.165, 1.54) is 0 Å². The van der Waals surface area contributed by atoms with Crippen molar-refractivity contribution in [1.82, 2.24) is 10.6 Å². The van der Waals surface area contributed by atoms with Gasteiger partial charge in [-0.1, -0.05) is 50.6 Å². The van der Waals surface area contributed by atoms with E-state index in [1.54, 1.807) is 0 Å². The molecule has 0 aliphatic carbocycles. The molecule has 1 aliphatic rings. The van der Waals surface area contributed by atoms with Crippen LogP contribution in [0, 0.1) is 5.92 Å². The maximum atomic E-state index is 12.7. The Morgan fingerprint density at radius 3 is 2.75 bits per heavy atom. The molecule has 1 aromatic carbocycles. The molecule has 0 bridgehead atoms. The van der Waals surface area contributed by atoms with Gasteiger partial charge in [0.15, 0.2) is 0 Å². The highest BCUT2D eigenvalue weighted by Gasteiger charge is 2.27. The molecule has 3 heteroatoms. The fourth-order valence-corrected chi connectivity index (χ4v) is 2.90. The Hall–Kier alpha value is -1.35. The van der Waals surface area contributed by atoms with E-state index in [2.05, 4.69) is 36.6 Å². The maximum absolute atomic E-state index is 12.7. The lowest BCUT2D eigenvalue weighted by atomic mass is 9.84. The summed E-state index contributed by atoms with van der Waals surface area (Å²) >= 11 is 0. The first kappa shape index (κ1) is 15.0. The van der Waals surface area contributed by atoms with Crippen molar-refractivity contribution in [1.29, 1.82) is 0 Å². The van der Waals surface area contributed by atoms with Crippen molar-refractivity contribution >= 4 is 5.91 Å². The van der Waals surface area contributed by atoms with Gasteiger partial charge < -0.3 is 10.6 Å². The van der Waals surface area contributed by atoms with E-state index in [0.29, 0.717) is 5.92 Å². The minimum atomic E-state index is -0.0388. The van der Waals surface area contributed by atoms with Gasteiger partial charge in [0.05, 0.1) is 5.92 Å². The van der Waals surface area contributed by atoms with Crippen LogP contribution in [0.2, 0.25) is 0 Å². The van der Waals surface area contributed by atoms with E-state index in [-0.39, 0.29) is 17.9 Å². The zero-order valence-electron chi connectivity index (χ0n) is 12.6. The molecule has 1 amide bonds. The summed E-state index contributed by atoms with van der Waals surface area (Å²) in [6.07, 6.45) is 3.24. The minimum Gasteiger partial charge on any atom is -0.352 e. The Labute approximate surface area is 122 Å². The van der Waals surface area contributed by atoms with Gasteiger partial charge in [0.25, 0.3) is 0 Å². The molecule has 0 spiro atoms. The van der Waals surface area contributed by atoms with E-state index in [4.69, 9.17) is 0 Å². The fourth-order valence-electron chi connectivity index (χ4n) is 2.90. The summed E-state index contributed by atoms with van der Waals surface area (Å²) in [5.41, 5.74) is 1.13. The van der Waals surface area contributed by atoms with Crippen molar-refractivity contribution in [3.8, 4) is 0 Å². The van der Waals surface area contributed by atoms with Gasteiger partial charge in [-0.2, -0.15) is 0 Å². The molecule has 1 heterocycles. The van der Waals surface area contributed by atoms with Gasteiger partial charge in [-0.15, -0.1) is 0 Å². The van der Waals surface area contributed by atoms with E-state index >= 15 is 0 Å². The molecule has 0 radical (unpaired) electrons. The quantitative estimate of drug-likeness (QED) is 0.867. The smallest absolute Gasteiger partial charge is 0.228 e. The average molecular weight is 274 g/mol. The SMILES string of the molecule is CCC(C)C(C(=O)N[C@@H]1CCCNC1)c1ccccc1. The highest BCUT2D eigenvalue weighted by molar-refractivity contribution is 5.84. The summed E-state index contributed by atoms with van der Waals surface area (Å²) in [5, 5.41) is 6.58. The molecular formula is C17H26N2O. The predicted molar refractivity (Wildman–Crippen MR) is 82.7 cm³/mol. The Balaban J connectivity index is 2.08. The van der Waals surface area contributed by atoms with Gasteiger partial charge in [-0.3, -0.25) is 4.79 Å². The zero-order chi connectivity index (χ0) is 14.4. The Kier molecular flexibility index (Phi) is 5.60. The lowest BCUT2D eigenvalue weighted by molar-refractivity contribution is -0.124. The van der Waals surface area contributed by atoms with Crippen molar-refractivity contribution < 1.29 is 4.79 Å². The van der Waals surface area contributed by atoms with Crippen LogP contribution in [0.4, 0.5) is 0 Å². The summed E-state index contributed by atoms with van der Waals surface area (Å²) in [7, 11) is 0. The summed E-state index contributed by atoms with van der Waals surface area (Å²) in [6.45, 7) is 6.28. The second kappa shape index (κ2) is 7.44. The monoisotopic (exact) mass is 274 g/mol. The summed E-state index contributed by atoms with van der Waals surface area (Å²) in [6, 6.07) is 10.4. The predicted octanol–water partition coefficient (Wildman–Crippen LogP) is 2.68. The number of hydrogen-bond donors (Lipinski definition) is 2. The molecule has 1 aromatic rings. The average Bonchev–Trinajstić information content (AvgIpc) is 2.49. The van der Waals surface area contributed by atoms with Crippen LogP contribution in [-0.4, -0.2) is 25.0 Å². The van der Waals surface area contributed by atoms with Crippen molar-refractivity contribution in [3.05, 3.63) is 35.9 Å². The van der Waals surface area contributed by atoms with Crippen LogP contribution < -0.4 is 10.6 Å². The first-order valence-electron chi connectivity index (χ1n) is 7.78. The number of benzene rings is 1. The molecule has 1 fully saturated rings. The number of carbonyl (C=O) groups is 1. The summed E-state index contributed by atoms with van der Waals surface area (Å²) < 4.78 is 0. The molecular weight excluding hydrogens is 248 g/mol. The molecule has 110 valence electrons. The topological polar surface area (TPSA) is 41.1 Å². The molecule has 1 aliphatic heterocycles. The highest BCUT2D eigenvalue weighted by Crippen LogP contribution is 2.27. The third kappa shape index (κ3) is 3.83.